The van der Waals surface area contributed by atoms with Crippen LogP contribution in [0.2, 0.25) is 0 Å². The van der Waals surface area contributed by atoms with E-state index >= 15 is 0 Å². The lowest BCUT2D eigenvalue weighted by atomic mass is 10.2. The van der Waals surface area contributed by atoms with Crippen LogP contribution in [0.3, 0.4) is 0 Å². The second-order valence-electron chi connectivity index (χ2n) is 4.33. The van der Waals surface area contributed by atoms with Crippen molar-refractivity contribution in [2.75, 3.05) is 0 Å². The number of hydrogen-bond donors (Lipinski definition) is 1. The minimum Gasteiger partial charge on any atom is -0.490 e. The molecule has 0 bridgehead atoms. The number of nitrogens with two attached hydrogens (primary N) is 1. The molecule has 1 aromatic carbocycles. The maximum Gasteiger partial charge on any atom is 0.241 e. The molecule has 0 saturated heterocycles. The molecule has 0 radical (unpaired) electrons. The van der Waals surface area contributed by atoms with Gasteiger partial charge in [0.25, 0.3) is 0 Å². The van der Waals surface area contributed by atoms with E-state index < -0.39 is 5.91 Å². The van der Waals surface area contributed by atoms with Gasteiger partial charge in [-0.25, -0.2) is 0 Å². The molecular formula is C14H17NO2. The molecule has 17 heavy (non-hydrogen) atoms. The summed E-state index contributed by atoms with van der Waals surface area (Å²) in [5.74, 6) is 0.462. The van der Waals surface area contributed by atoms with Crippen LogP contribution in [0, 0.1) is 0 Å². The average Bonchev–Trinajstić information content (AvgIpc) is 2.81. The maximum atomic E-state index is 10.6. The summed E-state index contributed by atoms with van der Waals surface area (Å²) in [6, 6.07) is 7.70. The monoisotopic (exact) mass is 231 g/mol. The van der Waals surface area contributed by atoms with Gasteiger partial charge < -0.3 is 10.5 Å². The van der Waals surface area contributed by atoms with E-state index in [0.717, 1.165) is 24.2 Å². The quantitative estimate of drug-likeness (QED) is 0.809. The Bertz CT molecular complexity index is 403. The van der Waals surface area contributed by atoms with Gasteiger partial charge in [-0.3, -0.25) is 4.79 Å². The zero-order valence-electron chi connectivity index (χ0n) is 9.76. The highest BCUT2D eigenvalue weighted by molar-refractivity contribution is 5.90. The Labute approximate surface area is 101 Å². The van der Waals surface area contributed by atoms with Gasteiger partial charge in [0.2, 0.25) is 5.91 Å². The minimum atomic E-state index is -0.434. The van der Waals surface area contributed by atoms with Gasteiger partial charge in [0.05, 0.1) is 6.10 Å². The molecule has 2 rings (SSSR count). The number of hydrogen-bond acceptors (Lipinski definition) is 2. The second-order valence-corrected chi connectivity index (χ2v) is 4.33. The van der Waals surface area contributed by atoms with Crippen LogP contribution < -0.4 is 10.5 Å². The number of primary amides is 1. The van der Waals surface area contributed by atoms with Crippen LogP contribution in [0.5, 0.6) is 5.75 Å². The molecule has 1 saturated carbocycles. The molecule has 3 nitrogen and oxygen atoms in total. The zero-order chi connectivity index (χ0) is 12.1. The van der Waals surface area contributed by atoms with E-state index in [1.54, 1.807) is 6.08 Å². The summed E-state index contributed by atoms with van der Waals surface area (Å²) >= 11 is 0. The molecule has 2 N–H and O–H groups in total. The molecule has 0 aliphatic heterocycles. The Balaban J connectivity index is 1.95. The first-order valence-electron chi connectivity index (χ1n) is 5.98. The fourth-order valence-electron chi connectivity index (χ4n) is 2.03. The van der Waals surface area contributed by atoms with Crippen molar-refractivity contribution in [3.63, 3.8) is 0 Å². The van der Waals surface area contributed by atoms with E-state index in [-0.39, 0.29) is 0 Å². The van der Waals surface area contributed by atoms with E-state index in [4.69, 9.17) is 10.5 Å². The first-order valence-corrected chi connectivity index (χ1v) is 5.98. The number of carbonyl (C=O) groups is 1. The van der Waals surface area contributed by atoms with Gasteiger partial charge in [-0.1, -0.05) is 12.1 Å². The molecule has 90 valence electrons. The van der Waals surface area contributed by atoms with Gasteiger partial charge in [0.1, 0.15) is 5.75 Å². The largest absolute Gasteiger partial charge is 0.490 e. The van der Waals surface area contributed by atoms with E-state index in [1.807, 2.05) is 24.3 Å². The molecule has 1 amide bonds. The van der Waals surface area contributed by atoms with Gasteiger partial charge in [-0.2, -0.15) is 0 Å². The maximum absolute atomic E-state index is 10.6. The number of benzene rings is 1. The van der Waals surface area contributed by atoms with Gasteiger partial charge >= 0.3 is 0 Å². The second kappa shape index (κ2) is 5.53. The summed E-state index contributed by atoms with van der Waals surface area (Å²) in [6.45, 7) is 0. The third-order valence-electron chi connectivity index (χ3n) is 2.93. The predicted octanol–water partition coefficient (Wildman–Crippen LogP) is 2.51. The van der Waals surface area contributed by atoms with Crippen molar-refractivity contribution >= 4 is 12.0 Å². The molecule has 1 aliphatic rings. The molecule has 0 heterocycles. The summed E-state index contributed by atoms with van der Waals surface area (Å²) in [5.41, 5.74) is 5.98. The third kappa shape index (κ3) is 3.63. The normalized spacial score (nSPS) is 16.5. The highest BCUT2D eigenvalue weighted by atomic mass is 16.5. The summed E-state index contributed by atoms with van der Waals surface area (Å²) in [5, 5.41) is 0. The number of amides is 1. The van der Waals surface area contributed by atoms with Crippen molar-refractivity contribution in [2.45, 2.75) is 31.8 Å². The lowest BCUT2D eigenvalue weighted by Crippen LogP contribution is -2.10. The number of rotatable bonds is 4. The Hall–Kier alpha value is -1.77. The van der Waals surface area contributed by atoms with Crippen LogP contribution in [0.15, 0.2) is 30.3 Å². The number of carbonyl (C=O) groups excluding carboxylic acids is 1. The zero-order valence-corrected chi connectivity index (χ0v) is 9.76. The molecule has 0 aromatic heterocycles. The molecule has 1 fully saturated rings. The SMILES string of the molecule is NC(=O)/C=C\c1ccc(OC2CCCC2)cc1. The van der Waals surface area contributed by atoms with Crippen LogP contribution >= 0.6 is 0 Å². The van der Waals surface area contributed by atoms with Crippen molar-refractivity contribution < 1.29 is 9.53 Å². The van der Waals surface area contributed by atoms with Gasteiger partial charge in [-0.05, 0) is 49.5 Å². The topological polar surface area (TPSA) is 52.3 Å². The first-order chi connectivity index (χ1) is 8.24. The Morgan fingerprint density at radius 3 is 2.47 bits per heavy atom. The third-order valence-corrected chi connectivity index (χ3v) is 2.93. The van der Waals surface area contributed by atoms with Gasteiger partial charge in [-0.15, -0.1) is 0 Å². The summed E-state index contributed by atoms with van der Waals surface area (Å²) in [4.78, 5) is 10.6. The summed E-state index contributed by atoms with van der Waals surface area (Å²) < 4.78 is 5.84. The van der Waals surface area contributed by atoms with Gasteiger partial charge in [0, 0.05) is 6.08 Å². The highest BCUT2D eigenvalue weighted by Crippen LogP contribution is 2.24. The fraction of sp³-hybridized carbons (Fsp3) is 0.357. The van der Waals surface area contributed by atoms with Crippen LogP contribution in [0.4, 0.5) is 0 Å². The van der Waals surface area contributed by atoms with E-state index in [0.29, 0.717) is 6.10 Å². The van der Waals surface area contributed by atoms with Crippen molar-refractivity contribution in [3.8, 4) is 5.75 Å². The van der Waals surface area contributed by atoms with Crippen molar-refractivity contribution in [1.82, 2.24) is 0 Å². The van der Waals surface area contributed by atoms with Crippen LogP contribution in [-0.2, 0) is 4.79 Å². The van der Waals surface area contributed by atoms with E-state index in [1.165, 1.54) is 18.9 Å². The molecule has 1 aliphatic carbocycles. The van der Waals surface area contributed by atoms with E-state index in [9.17, 15) is 4.79 Å². The van der Waals surface area contributed by atoms with Crippen molar-refractivity contribution in [1.29, 1.82) is 0 Å². The Kier molecular flexibility index (Phi) is 3.81. The number of ether oxygens (including phenoxy) is 1. The van der Waals surface area contributed by atoms with Crippen molar-refractivity contribution in [2.24, 2.45) is 5.73 Å². The molecule has 0 spiro atoms. The molecule has 1 aromatic rings. The average molecular weight is 231 g/mol. The molecule has 0 unspecified atom stereocenters. The smallest absolute Gasteiger partial charge is 0.241 e. The lowest BCUT2D eigenvalue weighted by Gasteiger charge is -2.12. The van der Waals surface area contributed by atoms with Gasteiger partial charge in [0.15, 0.2) is 0 Å². The van der Waals surface area contributed by atoms with Crippen LogP contribution in [0.1, 0.15) is 31.2 Å². The summed E-state index contributed by atoms with van der Waals surface area (Å²) in [7, 11) is 0. The standard InChI is InChI=1S/C14H17NO2/c15-14(16)10-7-11-5-8-13(9-6-11)17-12-3-1-2-4-12/h5-10,12H,1-4H2,(H2,15,16)/b10-7-. The van der Waals surface area contributed by atoms with Crippen LogP contribution in [0.25, 0.3) is 6.08 Å². The first kappa shape index (κ1) is 11.7. The minimum absolute atomic E-state index is 0.377. The van der Waals surface area contributed by atoms with Crippen molar-refractivity contribution in [3.05, 3.63) is 35.9 Å². The van der Waals surface area contributed by atoms with E-state index in [2.05, 4.69) is 0 Å². The Morgan fingerprint density at radius 2 is 1.88 bits per heavy atom. The van der Waals surface area contributed by atoms with Crippen LogP contribution in [-0.4, -0.2) is 12.0 Å². The summed E-state index contributed by atoms with van der Waals surface area (Å²) in [6.07, 6.45) is 8.28. The highest BCUT2D eigenvalue weighted by Gasteiger charge is 2.15. The molecular weight excluding hydrogens is 214 g/mol. The fourth-order valence-corrected chi connectivity index (χ4v) is 2.03. The lowest BCUT2D eigenvalue weighted by molar-refractivity contribution is -0.113. The molecule has 3 heteroatoms. The predicted molar refractivity (Wildman–Crippen MR) is 67.6 cm³/mol. The Morgan fingerprint density at radius 1 is 1.24 bits per heavy atom. The molecule has 0 atom stereocenters.